The van der Waals surface area contributed by atoms with E-state index in [9.17, 15) is 0 Å². The highest BCUT2D eigenvalue weighted by atomic mass is 15.2. The summed E-state index contributed by atoms with van der Waals surface area (Å²) in [5, 5.41) is 0. The van der Waals surface area contributed by atoms with Crippen LogP contribution in [0.5, 0.6) is 0 Å². The number of nitrogens with one attached hydrogen (secondary N) is 1. The molecule has 1 aromatic rings. The Labute approximate surface area is 60.2 Å². The number of nitrogens with zero attached hydrogens (tertiary/aromatic N) is 1. The van der Waals surface area contributed by atoms with Crippen molar-refractivity contribution in [2.45, 2.75) is 13.8 Å². The molecule has 0 bridgehead atoms. The minimum atomic E-state index is 0.850. The largest absolute Gasteiger partial charge is 0.323 e. The van der Waals surface area contributed by atoms with Crippen molar-refractivity contribution in [1.29, 1.82) is 0 Å². The van der Waals surface area contributed by atoms with E-state index in [1.165, 1.54) is 0 Å². The summed E-state index contributed by atoms with van der Waals surface area (Å²) in [5.74, 6) is 5.18. The highest BCUT2D eigenvalue weighted by molar-refractivity contribution is 5.42. The number of aromatic nitrogens is 1. The second-order valence-corrected chi connectivity index (χ2v) is 2.27. The van der Waals surface area contributed by atoms with Crippen molar-refractivity contribution in [2.24, 2.45) is 5.84 Å². The maximum Gasteiger partial charge on any atom is 0.0671 e. The SMILES string of the molecule is Cc1cc(NN)cnc1C. The molecule has 3 nitrogen and oxygen atoms in total. The van der Waals surface area contributed by atoms with Gasteiger partial charge in [-0.2, -0.15) is 0 Å². The average Bonchev–Trinajstić information content (AvgIpc) is 1.95. The van der Waals surface area contributed by atoms with E-state index >= 15 is 0 Å². The third kappa shape index (κ3) is 1.25. The molecule has 10 heavy (non-hydrogen) atoms. The van der Waals surface area contributed by atoms with Crippen molar-refractivity contribution in [3.05, 3.63) is 23.5 Å². The Hall–Kier alpha value is -1.09. The molecular formula is C7H11N3. The number of hydrazine groups is 1. The maximum absolute atomic E-state index is 5.18. The number of nitrogen functional groups attached to an aromatic ring is 1. The van der Waals surface area contributed by atoms with Crippen molar-refractivity contribution in [2.75, 3.05) is 5.43 Å². The van der Waals surface area contributed by atoms with E-state index < -0.39 is 0 Å². The second kappa shape index (κ2) is 2.66. The molecule has 0 radical (unpaired) electrons. The molecule has 0 aliphatic carbocycles. The molecule has 1 heterocycles. The van der Waals surface area contributed by atoms with Crippen LogP contribution in [0.2, 0.25) is 0 Å². The monoisotopic (exact) mass is 137 g/mol. The molecule has 0 unspecified atom stereocenters. The van der Waals surface area contributed by atoms with Crippen LogP contribution in [0.3, 0.4) is 0 Å². The third-order valence-corrected chi connectivity index (χ3v) is 1.51. The van der Waals surface area contributed by atoms with E-state index in [1.54, 1.807) is 6.20 Å². The van der Waals surface area contributed by atoms with Gasteiger partial charge in [-0.1, -0.05) is 0 Å². The molecule has 0 aromatic carbocycles. The Bertz CT molecular complexity index is 232. The zero-order valence-corrected chi connectivity index (χ0v) is 6.18. The summed E-state index contributed by atoms with van der Waals surface area (Å²) >= 11 is 0. The van der Waals surface area contributed by atoms with Gasteiger partial charge in [0.2, 0.25) is 0 Å². The van der Waals surface area contributed by atoms with Gasteiger partial charge < -0.3 is 5.43 Å². The molecule has 0 aliphatic rings. The lowest BCUT2D eigenvalue weighted by Gasteiger charge is -2.01. The average molecular weight is 137 g/mol. The second-order valence-electron chi connectivity index (χ2n) is 2.27. The van der Waals surface area contributed by atoms with Gasteiger partial charge in [0.15, 0.2) is 0 Å². The van der Waals surface area contributed by atoms with Crippen molar-refractivity contribution in [3.63, 3.8) is 0 Å². The molecule has 0 spiro atoms. The van der Waals surface area contributed by atoms with Gasteiger partial charge in [0.1, 0.15) is 0 Å². The van der Waals surface area contributed by atoms with Crippen molar-refractivity contribution in [3.8, 4) is 0 Å². The first-order valence-corrected chi connectivity index (χ1v) is 3.14. The van der Waals surface area contributed by atoms with Crippen LogP contribution < -0.4 is 11.3 Å². The van der Waals surface area contributed by atoms with Gasteiger partial charge in [-0.15, -0.1) is 0 Å². The van der Waals surface area contributed by atoms with Crippen LogP contribution >= 0.6 is 0 Å². The summed E-state index contributed by atoms with van der Waals surface area (Å²) < 4.78 is 0. The third-order valence-electron chi connectivity index (χ3n) is 1.51. The Morgan fingerprint density at radius 2 is 2.20 bits per heavy atom. The van der Waals surface area contributed by atoms with Gasteiger partial charge in [0.25, 0.3) is 0 Å². The Kier molecular flexibility index (Phi) is 1.87. The van der Waals surface area contributed by atoms with Gasteiger partial charge in [0.05, 0.1) is 11.9 Å². The van der Waals surface area contributed by atoms with Crippen LogP contribution in [0, 0.1) is 13.8 Å². The molecular weight excluding hydrogens is 126 g/mol. The van der Waals surface area contributed by atoms with E-state index in [4.69, 9.17) is 5.84 Å². The molecule has 0 atom stereocenters. The molecule has 0 amide bonds. The first-order chi connectivity index (χ1) is 4.74. The van der Waals surface area contributed by atoms with Gasteiger partial charge in [-0.3, -0.25) is 10.8 Å². The highest BCUT2D eigenvalue weighted by Crippen LogP contribution is 2.08. The number of anilines is 1. The Morgan fingerprint density at radius 1 is 1.50 bits per heavy atom. The highest BCUT2D eigenvalue weighted by Gasteiger charge is 1.93. The first-order valence-electron chi connectivity index (χ1n) is 3.14. The first kappa shape index (κ1) is 7.02. The lowest BCUT2D eigenvalue weighted by atomic mass is 10.2. The fraction of sp³-hybridized carbons (Fsp3) is 0.286. The molecule has 3 heteroatoms. The summed E-state index contributed by atoms with van der Waals surface area (Å²) in [4.78, 5) is 4.11. The van der Waals surface area contributed by atoms with E-state index in [2.05, 4.69) is 10.4 Å². The summed E-state index contributed by atoms with van der Waals surface area (Å²) in [6.07, 6.45) is 1.71. The standard InChI is InChI=1S/C7H11N3/c1-5-3-7(10-8)4-9-6(5)2/h3-4,10H,8H2,1-2H3. The van der Waals surface area contributed by atoms with E-state index in [1.807, 2.05) is 19.9 Å². The van der Waals surface area contributed by atoms with Crippen molar-refractivity contribution >= 4 is 5.69 Å². The van der Waals surface area contributed by atoms with Crippen molar-refractivity contribution in [1.82, 2.24) is 4.98 Å². The number of rotatable bonds is 1. The predicted molar refractivity (Wildman–Crippen MR) is 41.5 cm³/mol. The molecule has 1 aromatic heterocycles. The smallest absolute Gasteiger partial charge is 0.0671 e. The minimum absolute atomic E-state index is 0.850. The van der Waals surface area contributed by atoms with Gasteiger partial charge in [-0.05, 0) is 25.5 Å². The zero-order valence-electron chi connectivity index (χ0n) is 6.18. The molecule has 0 saturated carbocycles. The molecule has 0 fully saturated rings. The number of pyridine rings is 1. The number of aryl methyl sites for hydroxylation is 2. The summed E-state index contributed by atoms with van der Waals surface area (Å²) in [6, 6.07) is 1.96. The van der Waals surface area contributed by atoms with E-state index in [-0.39, 0.29) is 0 Å². The van der Waals surface area contributed by atoms with Gasteiger partial charge in [0, 0.05) is 5.69 Å². The van der Waals surface area contributed by atoms with Crippen LogP contribution in [0.4, 0.5) is 5.69 Å². The van der Waals surface area contributed by atoms with Gasteiger partial charge in [-0.25, -0.2) is 0 Å². The maximum atomic E-state index is 5.18. The van der Waals surface area contributed by atoms with Crippen LogP contribution in [0.1, 0.15) is 11.3 Å². The molecule has 3 N–H and O–H groups in total. The quantitative estimate of drug-likeness (QED) is 0.448. The van der Waals surface area contributed by atoms with Crippen LogP contribution in [0.25, 0.3) is 0 Å². The summed E-state index contributed by atoms with van der Waals surface area (Å²) in [5.41, 5.74) is 5.57. The Morgan fingerprint density at radius 3 is 2.70 bits per heavy atom. The lowest BCUT2D eigenvalue weighted by Crippen LogP contribution is -2.07. The minimum Gasteiger partial charge on any atom is -0.323 e. The fourth-order valence-electron chi connectivity index (χ4n) is 0.722. The van der Waals surface area contributed by atoms with Crippen LogP contribution in [-0.2, 0) is 0 Å². The fourth-order valence-corrected chi connectivity index (χ4v) is 0.722. The predicted octanol–water partition coefficient (Wildman–Crippen LogP) is 0.984. The molecule has 0 aliphatic heterocycles. The molecule has 54 valence electrons. The van der Waals surface area contributed by atoms with E-state index in [0.717, 1.165) is 16.9 Å². The normalized spacial score (nSPS) is 9.50. The molecule has 0 saturated heterocycles. The topological polar surface area (TPSA) is 50.9 Å². The number of hydrogen-bond acceptors (Lipinski definition) is 3. The lowest BCUT2D eigenvalue weighted by molar-refractivity contribution is 1.14. The van der Waals surface area contributed by atoms with Crippen molar-refractivity contribution < 1.29 is 0 Å². The molecule has 1 rings (SSSR count). The summed E-state index contributed by atoms with van der Waals surface area (Å²) in [6.45, 7) is 3.97. The summed E-state index contributed by atoms with van der Waals surface area (Å²) in [7, 11) is 0. The van der Waals surface area contributed by atoms with E-state index in [0.29, 0.717) is 0 Å². The zero-order chi connectivity index (χ0) is 7.56. The number of nitrogens with two attached hydrogens (primary N) is 1. The van der Waals surface area contributed by atoms with Crippen LogP contribution in [-0.4, -0.2) is 4.98 Å². The van der Waals surface area contributed by atoms with Crippen LogP contribution in [0.15, 0.2) is 12.3 Å². The Balaban J connectivity index is 3.04. The number of hydrogen-bond donors (Lipinski definition) is 2. The van der Waals surface area contributed by atoms with Gasteiger partial charge >= 0.3 is 0 Å².